The zero-order valence-corrected chi connectivity index (χ0v) is 13.3. The van der Waals surface area contributed by atoms with Crippen molar-refractivity contribution >= 4 is 11.9 Å². The normalized spacial score (nSPS) is 10.6. The van der Waals surface area contributed by atoms with Crippen molar-refractivity contribution in [2.24, 2.45) is 5.92 Å². The van der Waals surface area contributed by atoms with E-state index in [1.807, 2.05) is 13.8 Å². The summed E-state index contributed by atoms with van der Waals surface area (Å²) in [6.45, 7) is 6.02. The first-order chi connectivity index (χ1) is 9.65. The molecular weight excluding hydrogens is 256 g/mol. The van der Waals surface area contributed by atoms with Gasteiger partial charge in [-0.3, -0.25) is 0 Å². The first-order valence-corrected chi connectivity index (χ1v) is 8.06. The van der Waals surface area contributed by atoms with Gasteiger partial charge in [-0.05, 0) is 19.3 Å². The first kappa shape index (κ1) is 18.9. The Balaban J connectivity index is 3.52. The van der Waals surface area contributed by atoms with Gasteiger partial charge < -0.3 is 0 Å². The van der Waals surface area contributed by atoms with Crippen molar-refractivity contribution in [3.8, 4) is 0 Å². The Morgan fingerprint density at radius 3 is 1.90 bits per heavy atom. The highest BCUT2D eigenvalue weighted by atomic mass is 17.2. The molecule has 0 aromatic heterocycles. The molecule has 20 heavy (non-hydrogen) atoms. The predicted molar refractivity (Wildman–Crippen MR) is 78.9 cm³/mol. The molecule has 0 spiro atoms. The molecule has 0 aliphatic rings. The molecule has 0 aromatic carbocycles. The van der Waals surface area contributed by atoms with E-state index in [0.717, 1.165) is 19.3 Å². The second-order valence-electron chi connectivity index (χ2n) is 5.24. The lowest BCUT2D eigenvalue weighted by Gasteiger charge is -2.09. The van der Waals surface area contributed by atoms with Gasteiger partial charge in [0.05, 0.1) is 12.3 Å². The third kappa shape index (κ3) is 9.82. The second-order valence-corrected chi connectivity index (χ2v) is 5.24. The lowest BCUT2D eigenvalue weighted by Crippen LogP contribution is -2.18. The lowest BCUT2D eigenvalue weighted by molar-refractivity contribution is -0.262. The van der Waals surface area contributed by atoms with Gasteiger partial charge in [-0.25, -0.2) is 19.4 Å². The maximum absolute atomic E-state index is 11.5. The molecule has 0 aromatic rings. The molecule has 0 heterocycles. The molecule has 0 atom stereocenters. The van der Waals surface area contributed by atoms with Crippen LogP contribution in [0.1, 0.15) is 85.0 Å². The number of carbonyl (C=O) groups excluding carboxylic acids is 2. The number of hydrogen-bond acceptors (Lipinski definition) is 4. The molecule has 0 aliphatic carbocycles. The van der Waals surface area contributed by atoms with Gasteiger partial charge in [0.1, 0.15) is 0 Å². The average Bonchev–Trinajstić information content (AvgIpc) is 2.45. The Morgan fingerprint density at radius 2 is 1.35 bits per heavy atom. The van der Waals surface area contributed by atoms with E-state index < -0.39 is 11.9 Å². The largest absolute Gasteiger partial charge is 0.358 e. The predicted octanol–water partition coefficient (Wildman–Crippen LogP) is 4.56. The van der Waals surface area contributed by atoms with Crippen molar-refractivity contribution in [3.05, 3.63) is 0 Å². The molecule has 0 unspecified atom stereocenters. The third-order valence-electron chi connectivity index (χ3n) is 3.52. The van der Waals surface area contributed by atoms with Crippen molar-refractivity contribution in [2.75, 3.05) is 0 Å². The van der Waals surface area contributed by atoms with Gasteiger partial charge in [0, 0.05) is 0 Å². The highest BCUT2D eigenvalue weighted by Gasteiger charge is 2.18. The zero-order valence-electron chi connectivity index (χ0n) is 13.3. The Kier molecular flexibility index (Phi) is 12.3. The molecule has 0 N–H and O–H groups in total. The molecule has 0 radical (unpaired) electrons. The summed E-state index contributed by atoms with van der Waals surface area (Å²) < 4.78 is 0. The minimum absolute atomic E-state index is 0.179. The van der Waals surface area contributed by atoms with Gasteiger partial charge in [0.15, 0.2) is 0 Å². The Morgan fingerprint density at radius 1 is 0.800 bits per heavy atom. The van der Waals surface area contributed by atoms with Gasteiger partial charge in [-0.1, -0.05) is 59.3 Å². The molecule has 4 heteroatoms. The van der Waals surface area contributed by atoms with E-state index in [9.17, 15) is 9.59 Å². The topological polar surface area (TPSA) is 52.6 Å². The van der Waals surface area contributed by atoms with Crippen LogP contribution < -0.4 is 0 Å². The van der Waals surface area contributed by atoms with Gasteiger partial charge >= 0.3 is 11.9 Å². The summed E-state index contributed by atoms with van der Waals surface area (Å²) in [6.07, 6.45) is 9.73. The molecule has 0 aliphatic heterocycles. The molecule has 0 amide bonds. The molecule has 4 nitrogen and oxygen atoms in total. The Hall–Kier alpha value is -1.06. The summed E-state index contributed by atoms with van der Waals surface area (Å²) in [5, 5.41) is 0. The van der Waals surface area contributed by atoms with Crippen LogP contribution in [0.4, 0.5) is 0 Å². The number of carbonyl (C=O) groups is 2. The van der Waals surface area contributed by atoms with Gasteiger partial charge in [0.2, 0.25) is 0 Å². The maximum Gasteiger partial charge on any atom is 0.358 e. The van der Waals surface area contributed by atoms with Crippen LogP contribution in [0, 0.1) is 5.92 Å². The van der Waals surface area contributed by atoms with Crippen LogP contribution in [0.15, 0.2) is 0 Å². The van der Waals surface area contributed by atoms with Crippen molar-refractivity contribution in [3.63, 3.8) is 0 Å². The fourth-order valence-electron chi connectivity index (χ4n) is 2.05. The Labute approximate surface area is 123 Å². The summed E-state index contributed by atoms with van der Waals surface area (Å²) in [5.41, 5.74) is 0. The smallest absolute Gasteiger partial charge is 0.247 e. The molecule has 0 rings (SSSR count). The van der Waals surface area contributed by atoms with E-state index in [2.05, 4.69) is 16.7 Å². The minimum atomic E-state index is -0.446. The summed E-state index contributed by atoms with van der Waals surface area (Å²) in [5.74, 6) is -1.07. The molecule has 0 saturated heterocycles. The molecular formula is C16H30O4. The fourth-order valence-corrected chi connectivity index (χ4v) is 2.05. The highest BCUT2D eigenvalue weighted by molar-refractivity contribution is 5.74. The van der Waals surface area contributed by atoms with E-state index in [0.29, 0.717) is 19.3 Å². The van der Waals surface area contributed by atoms with E-state index in [1.54, 1.807) is 0 Å². The number of unbranched alkanes of at least 4 members (excludes halogenated alkanes) is 6. The number of rotatable bonds is 11. The van der Waals surface area contributed by atoms with Crippen molar-refractivity contribution in [1.82, 2.24) is 0 Å². The Bertz CT molecular complexity index is 259. The van der Waals surface area contributed by atoms with Crippen LogP contribution in [0.2, 0.25) is 0 Å². The van der Waals surface area contributed by atoms with Gasteiger partial charge in [-0.2, -0.15) is 0 Å². The van der Waals surface area contributed by atoms with E-state index >= 15 is 0 Å². The fraction of sp³-hybridized carbons (Fsp3) is 0.875. The van der Waals surface area contributed by atoms with E-state index in [4.69, 9.17) is 0 Å². The van der Waals surface area contributed by atoms with Crippen LogP contribution in [0.5, 0.6) is 0 Å². The van der Waals surface area contributed by atoms with Crippen LogP contribution in [-0.2, 0) is 19.4 Å². The quantitative estimate of drug-likeness (QED) is 0.317. The van der Waals surface area contributed by atoms with Crippen LogP contribution >= 0.6 is 0 Å². The molecule has 118 valence electrons. The van der Waals surface area contributed by atoms with Gasteiger partial charge in [0.25, 0.3) is 0 Å². The molecule has 0 bridgehead atoms. The SMILES string of the molecule is CCCCCCCCCC(=O)OOC(=O)C(CC)CC. The first-order valence-electron chi connectivity index (χ1n) is 8.06. The maximum atomic E-state index is 11.5. The van der Waals surface area contributed by atoms with E-state index in [-0.39, 0.29) is 5.92 Å². The standard InChI is InChI=1S/C16H30O4/c1-4-7-8-9-10-11-12-13-15(17)19-20-16(18)14(5-2)6-3/h14H,4-13H2,1-3H3. The molecule has 0 fully saturated rings. The summed E-state index contributed by atoms with van der Waals surface area (Å²) in [4.78, 5) is 32.0. The summed E-state index contributed by atoms with van der Waals surface area (Å²) in [7, 11) is 0. The van der Waals surface area contributed by atoms with Crippen molar-refractivity contribution in [1.29, 1.82) is 0 Å². The second kappa shape index (κ2) is 12.9. The lowest BCUT2D eigenvalue weighted by atomic mass is 10.0. The monoisotopic (exact) mass is 286 g/mol. The summed E-state index contributed by atoms with van der Waals surface area (Å²) in [6, 6.07) is 0. The zero-order chi connectivity index (χ0) is 15.2. The summed E-state index contributed by atoms with van der Waals surface area (Å²) >= 11 is 0. The van der Waals surface area contributed by atoms with E-state index in [1.165, 1.54) is 25.7 Å². The average molecular weight is 286 g/mol. The van der Waals surface area contributed by atoms with Gasteiger partial charge in [-0.15, -0.1) is 0 Å². The van der Waals surface area contributed by atoms with Crippen LogP contribution in [-0.4, -0.2) is 11.9 Å². The van der Waals surface area contributed by atoms with Crippen LogP contribution in [0.25, 0.3) is 0 Å². The van der Waals surface area contributed by atoms with Crippen molar-refractivity contribution < 1.29 is 19.4 Å². The molecule has 0 saturated carbocycles. The van der Waals surface area contributed by atoms with Crippen molar-refractivity contribution in [2.45, 2.75) is 85.0 Å². The van der Waals surface area contributed by atoms with Crippen LogP contribution in [0.3, 0.4) is 0 Å². The third-order valence-corrected chi connectivity index (χ3v) is 3.52. The number of hydrogen-bond donors (Lipinski definition) is 0. The minimum Gasteiger partial charge on any atom is -0.247 e. The highest BCUT2D eigenvalue weighted by Crippen LogP contribution is 2.11.